The van der Waals surface area contributed by atoms with Crippen molar-refractivity contribution in [2.75, 3.05) is 18.0 Å². The van der Waals surface area contributed by atoms with Crippen LogP contribution in [0.15, 0.2) is 23.1 Å². The lowest BCUT2D eigenvalue weighted by Gasteiger charge is -2.31. The molecule has 0 aliphatic carbocycles. The maximum atomic E-state index is 12.4. The Labute approximate surface area is 138 Å². The Bertz CT molecular complexity index is 952. The molecule has 1 aliphatic heterocycles. The van der Waals surface area contributed by atoms with Crippen LogP contribution >= 0.6 is 11.6 Å². The molecule has 7 heteroatoms. The second kappa shape index (κ2) is 5.23. The molecule has 0 bridgehead atoms. The minimum atomic E-state index is -0.159. The Morgan fingerprint density at radius 3 is 2.70 bits per heavy atom. The Balaban J connectivity index is 1.87. The second-order valence-electron chi connectivity index (χ2n) is 6.33. The highest BCUT2D eigenvalue weighted by Gasteiger charge is 2.19. The number of piperidine rings is 1. The first-order chi connectivity index (χ1) is 11.0. The highest BCUT2D eigenvalue weighted by atomic mass is 35.5. The van der Waals surface area contributed by atoms with Crippen LogP contribution in [0.1, 0.15) is 19.8 Å². The molecule has 4 heterocycles. The third-order valence-electron chi connectivity index (χ3n) is 4.70. The SMILES string of the molecule is CC1CCN(c2ccc3c4c(=O)n(C)nc(Cl)c4cn3n2)CC1. The average Bonchev–Trinajstić information content (AvgIpc) is 2.93. The molecule has 4 rings (SSSR count). The summed E-state index contributed by atoms with van der Waals surface area (Å²) in [5.74, 6) is 1.71. The fourth-order valence-electron chi connectivity index (χ4n) is 3.23. The van der Waals surface area contributed by atoms with Gasteiger partial charge in [-0.15, -0.1) is 0 Å². The van der Waals surface area contributed by atoms with Crippen LogP contribution < -0.4 is 10.5 Å². The first kappa shape index (κ1) is 14.5. The van der Waals surface area contributed by atoms with Gasteiger partial charge < -0.3 is 4.90 Å². The van der Waals surface area contributed by atoms with Crippen molar-refractivity contribution in [3.05, 3.63) is 33.8 Å². The summed E-state index contributed by atoms with van der Waals surface area (Å²) in [6.45, 7) is 4.33. The standard InChI is InChI=1S/C16H18ClN5O/c1-10-5-7-21(8-6-10)13-4-3-12-14-11(9-22(12)18-13)15(17)19-20(2)16(14)23/h3-4,9-10H,5-8H2,1-2H3. The van der Waals surface area contributed by atoms with E-state index in [-0.39, 0.29) is 5.56 Å². The molecule has 0 saturated carbocycles. The second-order valence-corrected chi connectivity index (χ2v) is 6.69. The van der Waals surface area contributed by atoms with Gasteiger partial charge in [-0.1, -0.05) is 18.5 Å². The van der Waals surface area contributed by atoms with Crippen LogP contribution in [0.4, 0.5) is 5.82 Å². The molecule has 0 atom stereocenters. The summed E-state index contributed by atoms with van der Waals surface area (Å²) in [6.07, 6.45) is 4.16. The van der Waals surface area contributed by atoms with Gasteiger partial charge in [-0.2, -0.15) is 10.2 Å². The maximum Gasteiger partial charge on any atom is 0.276 e. The highest BCUT2D eigenvalue weighted by Crippen LogP contribution is 2.26. The summed E-state index contributed by atoms with van der Waals surface area (Å²) in [7, 11) is 1.61. The minimum Gasteiger partial charge on any atom is -0.355 e. The first-order valence-corrected chi connectivity index (χ1v) is 8.22. The zero-order valence-electron chi connectivity index (χ0n) is 13.2. The Morgan fingerprint density at radius 1 is 1.22 bits per heavy atom. The van der Waals surface area contributed by atoms with Gasteiger partial charge >= 0.3 is 0 Å². The van der Waals surface area contributed by atoms with Crippen molar-refractivity contribution in [1.29, 1.82) is 0 Å². The van der Waals surface area contributed by atoms with Crippen LogP contribution in [-0.4, -0.2) is 32.5 Å². The smallest absolute Gasteiger partial charge is 0.276 e. The number of nitrogens with zero attached hydrogens (tertiary/aromatic N) is 5. The summed E-state index contributed by atoms with van der Waals surface area (Å²) >= 11 is 6.19. The first-order valence-electron chi connectivity index (χ1n) is 7.84. The van der Waals surface area contributed by atoms with Crippen LogP contribution in [-0.2, 0) is 7.05 Å². The van der Waals surface area contributed by atoms with E-state index < -0.39 is 0 Å². The van der Waals surface area contributed by atoms with Crippen LogP contribution in [0.5, 0.6) is 0 Å². The number of aryl methyl sites for hydroxylation is 1. The molecule has 3 aromatic heterocycles. The minimum absolute atomic E-state index is 0.159. The molecule has 1 saturated heterocycles. The lowest BCUT2D eigenvalue weighted by molar-refractivity contribution is 0.435. The average molecular weight is 332 g/mol. The van der Waals surface area contributed by atoms with Gasteiger partial charge in [0.05, 0.1) is 10.9 Å². The molecule has 1 aliphatic rings. The van der Waals surface area contributed by atoms with Crippen LogP contribution in [0, 0.1) is 5.92 Å². The molecule has 0 aromatic carbocycles. The number of rotatable bonds is 1. The van der Waals surface area contributed by atoms with E-state index in [9.17, 15) is 4.79 Å². The molecule has 1 fully saturated rings. The van der Waals surface area contributed by atoms with Gasteiger partial charge in [-0.05, 0) is 30.9 Å². The molecule has 120 valence electrons. The number of aromatic nitrogens is 4. The van der Waals surface area contributed by atoms with Crippen molar-refractivity contribution in [1.82, 2.24) is 19.4 Å². The molecule has 0 unspecified atom stereocenters. The van der Waals surface area contributed by atoms with Crippen LogP contribution in [0.25, 0.3) is 16.3 Å². The number of halogens is 1. The molecule has 6 nitrogen and oxygen atoms in total. The van der Waals surface area contributed by atoms with Gasteiger partial charge in [0.2, 0.25) is 0 Å². The number of hydrogen-bond acceptors (Lipinski definition) is 4. The molecule has 0 radical (unpaired) electrons. The van der Waals surface area contributed by atoms with E-state index in [4.69, 9.17) is 11.6 Å². The summed E-state index contributed by atoms with van der Waals surface area (Å²) in [6, 6.07) is 3.93. The normalized spacial score (nSPS) is 16.6. The molecule has 3 aromatic rings. The number of fused-ring (bicyclic) bond motifs is 3. The molecule has 0 N–H and O–H groups in total. The van der Waals surface area contributed by atoms with E-state index in [0.29, 0.717) is 15.9 Å². The van der Waals surface area contributed by atoms with E-state index in [1.165, 1.54) is 17.5 Å². The molecule has 23 heavy (non-hydrogen) atoms. The fraction of sp³-hybridized carbons (Fsp3) is 0.438. The third kappa shape index (κ3) is 2.28. The molecular formula is C16H18ClN5O. The van der Waals surface area contributed by atoms with Gasteiger partial charge in [0, 0.05) is 31.7 Å². The Hall–Kier alpha value is -2.08. The summed E-state index contributed by atoms with van der Waals surface area (Å²) in [4.78, 5) is 14.7. The predicted octanol–water partition coefficient (Wildman–Crippen LogP) is 2.47. The van der Waals surface area contributed by atoms with Crippen molar-refractivity contribution in [2.24, 2.45) is 13.0 Å². The van der Waals surface area contributed by atoms with Gasteiger partial charge in [0.25, 0.3) is 5.56 Å². The van der Waals surface area contributed by atoms with E-state index in [2.05, 4.69) is 22.0 Å². The van der Waals surface area contributed by atoms with Crippen molar-refractivity contribution >= 4 is 33.7 Å². The van der Waals surface area contributed by atoms with Gasteiger partial charge in [0.15, 0.2) is 5.15 Å². The highest BCUT2D eigenvalue weighted by molar-refractivity contribution is 6.34. The lowest BCUT2D eigenvalue weighted by Crippen LogP contribution is -2.33. The van der Waals surface area contributed by atoms with Gasteiger partial charge in [-0.25, -0.2) is 9.20 Å². The van der Waals surface area contributed by atoms with Gasteiger partial charge in [0.1, 0.15) is 5.82 Å². The van der Waals surface area contributed by atoms with Gasteiger partial charge in [-0.3, -0.25) is 4.79 Å². The lowest BCUT2D eigenvalue weighted by atomic mass is 9.99. The van der Waals surface area contributed by atoms with E-state index in [1.807, 2.05) is 12.1 Å². The largest absolute Gasteiger partial charge is 0.355 e. The van der Waals surface area contributed by atoms with Crippen LogP contribution in [0.2, 0.25) is 5.15 Å². The zero-order valence-corrected chi connectivity index (χ0v) is 13.9. The molecule has 0 amide bonds. The zero-order chi connectivity index (χ0) is 16.1. The Kier molecular flexibility index (Phi) is 3.30. The quantitative estimate of drug-likeness (QED) is 0.687. The summed E-state index contributed by atoms with van der Waals surface area (Å²) in [5, 5.41) is 10.3. The van der Waals surface area contributed by atoms with Crippen LogP contribution in [0.3, 0.4) is 0 Å². The van der Waals surface area contributed by atoms with E-state index in [1.54, 1.807) is 17.8 Å². The number of anilines is 1. The molecule has 0 spiro atoms. The van der Waals surface area contributed by atoms with E-state index in [0.717, 1.165) is 30.3 Å². The molecular weight excluding hydrogens is 314 g/mol. The van der Waals surface area contributed by atoms with Crippen molar-refractivity contribution in [3.63, 3.8) is 0 Å². The summed E-state index contributed by atoms with van der Waals surface area (Å²) in [5.41, 5.74) is 0.604. The predicted molar refractivity (Wildman–Crippen MR) is 91.4 cm³/mol. The van der Waals surface area contributed by atoms with Crippen molar-refractivity contribution in [3.8, 4) is 0 Å². The third-order valence-corrected chi connectivity index (χ3v) is 4.98. The number of hydrogen-bond donors (Lipinski definition) is 0. The monoisotopic (exact) mass is 331 g/mol. The Morgan fingerprint density at radius 2 is 1.96 bits per heavy atom. The van der Waals surface area contributed by atoms with Crippen molar-refractivity contribution in [2.45, 2.75) is 19.8 Å². The maximum absolute atomic E-state index is 12.4. The van der Waals surface area contributed by atoms with E-state index >= 15 is 0 Å². The summed E-state index contributed by atoms with van der Waals surface area (Å²) < 4.78 is 3.01. The topological polar surface area (TPSA) is 55.4 Å². The van der Waals surface area contributed by atoms with Crippen molar-refractivity contribution < 1.29 is 0 Å². The fourth-order valence-corrected chi connectivity index (χ4v) is 3.49.